The van der Waals surface area contributed by atoms with Crippen molar-refractivity contribution in [2.75, 3.05) is 5.32 Å². The van der Waals surface area contributed by atoms with E-state index >= 15 is 0 Å². The summed E-state index contributed by atoms with van der Waals surface area (Å²) in [7, 11) is 0. The van der Waals surface area contributed by atoms with Crippen LogP contribution in [0.5, 0.6) is 0 Å². The summed E-state index contributed by atoms with van der Waals surface area (Å²) in [6, 6.07) is 10.9. The number of aromatic nitrogens is 2. The Morgan fingerprint density at radius 2 is 1.46 bits per heavy atom. The van der Waals surface area contributed by atoms with Crippen molar-refractivity contribution < 1.29 is 13.2 Å². The molecule has 1 heterocycles. The van der Waals surface area contributed by atoms with Crippen LogP contribution >= 0.6 is 34.8 Å². The first kappa shape index (κ1) is 18.8. The van der Waals surface area contributed by atoms with Gasteiger partial charge < -0.3 is 5.32 Å². The van der Waals surface area contributed by atoms with Crippen LogP contribution in [0.1, 0.15) is 5.56 Å². The van der Waals surface area contributed by atoms with Gasteiger partial charge in [0.1, 0.15) is 11.0 Å². The minimum atomic E-state index is -4.42. The molecule has 0 radical (unpaired) electrons. The molecule has 0 bridgehead atoms. The molecule has 1 aromatic heterocycles. The zero-order valence-corrected chi connectivity index (χ0v) is 15.0. The number of alkyl halides is 3. The van der Waals surface area contributed by atoms with E-state index in [1.54, 1.807) is 18.2 Å². The number of nitrogens with one attached hydrogen (secondary N) is 1. The average Bonchev–Trinajstić information content (AvgIpc) is 2.57. The Morgan fingerprint density at radius 1 is 0.846 bits per heavy atom. The topological polar surface area (TPSA) is 37.8 Å². The minimum Gasteiger partial charge on any atom is -0.338 e. The molecule has 0 aliphatic rings. The zero-order chi connectivity index (χ0) is 18.9. The van der Waals surface area contributed by atoms with E-state index in [0.717, 1.165) is 12.1 Å². The van der Waals surface area contributed by atoms with Crippen LogP contribution in [-0.2, 0) is 6.18 Å². The number of rotatable bonds is 3. The van der Waals surface area contributed by atoms with Crippen LogP contribution < -0.4 is 5.32 Å². The van der Waals surface area contributed by atoms with Gasteiger partial charge in [-0.05, 0) is 24.3 Å². The van der Waals surface area contributed by atoms with E-state index in [4.69, 9.17) is 34.8 Å². The maximum absolute atomic E-state index is 12.7. The lowest BCUT2D eigenvalue weighted by Gasteiger charge is -2.11. The summed E-state index contributed by atoms with van der Waals surface area (Å²) in [4.78, 5) is 8.32. The van der Waals surface area contributed by atoms with Crippen molar-refractivity contribution in [3.05, 3.63) is 69.3 Å². The molecule has 134 valence electrons. The Balaban J connectivity index is 1.95. The van der Waals surface area contributed by atoms with E-state index in [-0.39, 0.29) is 11.0 Å². The second kappa shape index (κ2) is 7.31. The highest BCUT2D eigenvalue weighted by Crippen LogP contribution is 2.34. The molecule has 0 saturated heterocycles. The summed E-state index contributed by atoms with van der Waals surface area (Å²) >= 11 is 18.2. The summed E-state index contributed by atoms with van der Waals surface area (Å²) in [5, 5.41) is 3.82. The van der Waals surface area contributed by atoms with E-state index in [2.05, 4.69) is 15.3 Å². The first-order valence-corrected chi connectivity index (χ1v) is 8.30. The second-order valence-corrected chi connectivity index (χ2v) is 6.40. The lowest BCUT2D eigenvalue weighted by molar-refractivity contribution is -0.137. The van der Waals surface area contributed by atoms with Gasteiger partial charge in [0.05, 0.1) is 21.3 Å². The van der Waals surface area contributed by atoms with Crippen molar-refractivity contribution in [3.8, 4) is 11.4 Å². The molecule has 0 atom stereocenters. The lowest BCUT2D eigenvalue weighted by Crippen LogP contribution is -2.04. The zero-order valence-electron chi connectivity index (χ0n) is 12.8. The van der Waals surface area contributed by atoms with Crippen molar-refractivity contribution in [2.45, 2.75) is 6.18 Å². The quantitative estimate of drug-likeness (QED) is 0.472. The van der Waals surface area contributed by atoms with Crippen LogP contribution in [0.15, 0.2) is 48.5 Å². The molecule has 26 heavy (non-hydrogen) atoms. The van der Waals surface area contributed by atoms with Gasteiger partial charge in [0.15, 0.2) is 5.82 Å². The average molecular weight is 419 g/mol. The Hall–Kier alpha value is -2.02. The normalized spacial score (nSPS) is 11.5. The van der Waals surface area contributed by atoms with Crippen LogP contribution in [0.25, 0.3) is 11.4 Å². The Kier molecular flexibility index (Phi) is 5.27. The molecule has 3 aromatic rings. The highest BCUT2D eigenvalue weighted by atomic mass is 35.5. The van der Waals surface area contributed by atoms with Gasteiger partial charge in [-0.2, -0.15) is 13.2 Å². The molecule has 3 rings (SSSR count). The third-order valence-electron chi connectivity index (χ3n) is 3.38. The highest BCUT2D eigenvalue weighted by Gasteiger charge is 2.30. The van der Waals surface area contributed by atoms with Crippen LogP contribution in [0.4, 0.5) is 24.7 Å². The molecule has 0 unspecified atom stereocenters. The van der Waals surface area contributed by atoms with Crippen molar-refractivity contribution >= 4 is 46.3 Å². The van der Waals surface area contributed by atoms with Crippen LogP contribution in [0.3, 0.4) is 0 Å². The summed E-state index contributed by atoms with van der Waals surface area (Å²) in [6.07, 6.45) is -4.42. The first-order valence-electron chi connectivity index (χ1n) is 7.17. The smallest absolute Gasteiger partial charge is 0.338 e. The molecule has 2 aromatic carbocycles. The number of anilines is 2. The minimum absolute atomic E-state index is 0.112. The van der Waals surface area contributed by atoms with Gasteiger partial charge in [-0.25, -0.2) is 9.97 Å². The van der Waals surface area contributed by atoms with Gasteiger partial charge >= 0.3 is 6.18 Å². The predicted octanol–water partition coefficient (Wildman–Crippen LogP) is 6.87. The second-order valence-electron chi connectivity index (χ2n) is 5.20. The highest BCUT2D eigenvalue weighted by molar-refractivity contribution is 6.39. The fourth-order valence-electron chi connectivity index (χ4n) is 2.16. The summed E-state index contributed by atoms with van der Waals surface area (Å²) < 4.78 is 38.0. The molecule has 0 saturated carbocycles. The molecule has 0 aliphatic heterocycles. The Labute approximate surface area is 161 Å². The molecule has 3 nitrogen and oxygen atoms in total. The van der Waals surface area contributed by atoms with Gasteiger partial charge in [0.25, 0.3) is 0 Å². The summed E-state index contributed by atoms with van der Waals surface area (Å²) in [6.45, 7) is 0. The molecule has 0 aliphatic carbocycles. The maximum Gasteiger partial charge on any atom is 0.416 e. The van der Waals surface area contributed by atoms with Crippen molar-refractivity contribution in [3.63, 3.8) is 0 Å². The third-order valence-corrected chi connectivity index (χ3v) is 4.20. The van der Waals surface area contributed by atoms with E-state index in [0.29, 0.717) is 27.1 Å². The molecule has 0 amide bonds. The van der Waals surface area contributed by atoms with Gasteiger partial charge in [-0.3, -0.25) is 0 Å². The molecule has 9 heteroatoms. The van der Waals surface area contributed by atoms with Crippen LogP contribution in [0, 0.1) is 0 Å². The van der Waals surface area contributed by atoms with E-state index in [1.165, 1.54) is 18.2 Å². The lowest BCUT2D eigenvalue weighted by atomic mass is 10.1. The van der Waals surface area contributed by atoms with Crippen LogP contribution in [-0.4, -0.2) is 9.97 Å². The SMILES string of the molecule is FC(F)(F)c1ccc(-c2nc(Cl)cc(Nc3c(Cl)cccc3Cl)n2)cc1. The van der Waals surface area contributed by atoms with E-state index in [9.17, 15) is 13.2 Å². The number of hydrogen-bond acceptors (Lipinski definition) is 3. The monoisotopic (exact) mass is 417 g/mol. The molecular formula is C17H9Cl3F3N3. The molecular weight excluding hydrogens is 410 g/mol. The Morgan fingerprint density at radius 3 is 2.04 bits per heavy atom. The number of halogens is 6. The van der Waals surface area contributed by atoms with E-state index < -0.39 is 11.7 Å². The number of hydrogen-bond donors (Lipinski definition) is 1. The van der Waals surface area contributed by atoms with Crippen LogP contribution in [0.2, 0.25) is 15.2 Å². The first-order chi connectivity index (χ1) is 12.2. The van der Waals surface area contributed by atoms with Gasteiger partial charge in [0, 0.05) is 11.6 Å². The Bertz CT molecular complexity index is 924. The standard InChI is InChI=1S/C17H9Cl3F3N3/c18-11-2-1-3-12(19)15(11)25-14-8-13(20)24-16(26-14)9-4-6-10(7-5-9)17(21,22)23/h1-8H,(H,24,25,26). The summed E-state index contributed by atoms with van der Waals surface area (Å²) in [5.41, 5.74) is 0.0576. The largest absolute Gasteiger partial charge is 0.416 e. The van der Waals surface area contributed by atoms with Crippen molar-refractivity contribution in [2.24, 2.45) is 0 Å². The number of para-hydroxylation sites is 1. The van der Waals surface area contributed by atoms with Crippen molar-refractivity contribution in [1.29, 1.82) is 0 Å². The fourth-order valence-corrected chi connectivity index (χ4v) is 2.84. The number of nitrogens with zero attached hydrogens (tertiary/aromatic N) is 2. The van der Waals surface area contributed by atoms with Gasteiger partial charge in [0.2, 0.25) is 0 Å². The third kappa shape index (κ3) is 4.20. The fraction of sp³-hybridized carbons (Fsp3) is 0.0588. The summed E-state index contributed by atoms with van der Waals surface area (Å²) in [5.74, 6) is 0.465. The van der Waals surface area contributed by atoms with E-state index in [1.807, 2.05) is 0 Å². The maximum atomic E-state index is 12.7. The number of benzene rings is 2. The van der Waals surface area contributed by atoms with Gasteiger partial charge in [-0.15, -0.1) is 0 Å². The molecule has 0 spiro atoms. The van der Waals surface area contributed by atoms with Crippen molar-refractivity contribution in [1.82, 2.24) is 9.97 Å². The molecule has 0 fully saturated rings. The van der Waals surface area contributed by atoms with Gasteiger partial charge in [-0.1, -0.05) is 53.0 Å². The molecule has 1 N–H and O–H groups in total. The predicted molar refractivity (Wildman–Crippen MR) is 97.2 cm³/mol.